The lowest BCUT2D eigenvalue weighted by atomic mass is 10.2. The highest BCUT2D eigenvalue weighted by Crippen LogP contribution is 2.41. The second-order valence-corrected chi connectivity index (χ2v) is 8.78. The van der Waals surface area contributed by atoms with E-state index in [2.05, 4.69) is 20.9 Å². The number of pyridine rings is 1. The number of nitrogens with zero attached hydrogens (tertiary/aromatic N) is 3. The molecule has 0 radical (unpaired) electrons. The topological polar surface area (TPSA) is 64.6 Å². The summed E-state index contributed by atoms with van der Waals surface area (Å²) in [5.41, 5.74) is 1.71. The lowest BCUT2D eigenvalue weighted by molar-refractivity contribution is 0.0985. The number of hydrogen-bond donors (Lipinski definition) is 0. The Morgan fingerprint density at radius 3 is 2.61 bits per heavy atom. The van der Waals surface area contributed by atoms with Gasteiger partial charge in [0.1, 0.15) is 21.7 Å². The highest BCUT2D eigenvalue weighted by atomic mass is 79.9. The summed E-state index contributed by atoms with van der Waals surface area (Å²) in [5.74, 6) is 0.975. The summed E-state index contributed by atoms with van der Waals surface area (Å²) in [6.45, 7) is 0.229. The third kappa shape index (κ3) is 4.37. The number of rotatable bonds is 6. The Balaban J connectivity index is 1.86. The number of ether oxygens (including phenoxy) is 2. The molecule has 0 aliphatic heterocycles. The Morgan fingerprint density at radius 1 is 1.13 bits per heavy atom. The van der Waals surface area contributed by atoms with Gasteiger partial charge in [0.25, 0.3) is 5.91 Å². The van der Waals surface area contributed by atoms with E-state index in [0.717, 1.165) is 14.9 Å². The summed E-state index contributed by atoms with van der Waals surface area (Å²) < 4.78 is 12.5. The van der Waals surface area contributed by atoms with Gasteiger partial charge in [0.15, 0.2) is 5.13 Å². The third-order valence-electron chi connectivity index (χ3n) is 4.58. The van der Waals surface area contributed by atoms with Crippen LogP contribution in [0, 0.1) is 0 Å². The molecular formula is C22H17BrClN3O3S. The van der Waals surface area contributed by atoms with Gasteiger partial charge in [-0.15, -0.1) is 0 Å². The van der Waals surface area contributed by atoms with Crippen LogP contribution in [0.4, 0.5) is 5.13 Å². The van der Waals surface area contributed by atoms with E-state index in [1.54, 1.807) is 49.6 Å². The molecule has 0 spiro atoms. The molecule has 1 amide bonds. The second-order valence-electron chi connectivity index (χ2n) is 6.48. The number of anilines is 1. The smallest absolute Gasteiger partial charge is 0.261 e. The van der Waals surface area contributed by atoms with Gasteiger partial charge in [0.05, 0.1) is 37.0 Å². The number of amides is 1. The zero-order chi connectivity index (χ0) is 22.0. The van der Waals surface area contributed by atoms with Crippen LogP contribution >= 0.6 is 38.9 Å². The summed E-state index contributed by atoms with van der Waals surface area (Å²) in [6, 6.07) is 14.3. The summed E-state index contributed by atoms with van der Waals surface area (Å²) in [7, 11) is 3.18. The van der Waals surface area contributed by atoms with E-state index in [9.17, 15) is 4.79 Å². The molecule has 0 atom stereocenters. The van der Waals surface area contributed by atoms with E-state index in [1.165, 1.54) is 11.3 Å². The number of hydrogen-bond acceptors (Lipinski definition) is 6. The number of carbonyl (C=O) groups excluding carboxylic acids is 1. The fourth-order valence-corrected chi connectivity index (χ4v) is 4.71. The first-order valence-electron chi connectivity index (χ1n) is 9.20. The van der Waals surface area contributed by atoms with E-state index in [1.807, 2.05) is 24.3 Å². The Kier molecular flexibility index (Phi) is 6.41. The monoisotopic (exact) mass is 517 g/mol. The maximum Gasteiger partial charge on any atom is 0.261 e. The minimum absolute atomic E-state index is 0.229. The van der Waals surface area contributed by atoms with Crippen molar-refractivity contribution in [2.24, 2.45) is 0 Å². The number of thiazole rings is 1. The number of carbonyl (C=O) groups is 1. The van der Waals surface area contributed by atoms with Gasteiger partial charge in [-0.1, -0.05) is 44.9 Å². The lowest BCUT2D eigenvalue weighted by Gasteiger charge is -2.20. The minimum Gasteiger partial charge on any atom is -0.495 e. The van der Waals surface area contributed by atoms with Gasteiger partial charge in [-0.3, -0.25) is 14.7 Å². The molecule has 158 valence electrons. The fourth-order valence-electron chi connectivity index (χ4n) is 3.08. The summed E-state index contributed by atoms with van der Waals surface area (Å²) in [6.07, 6.45) is 1.69. The maximum absolute atomic E-state index is 13.6. The molecule has 4 aromatic rings. The molecule has 0 fully saturated rings. The molecule has 2 aromatic carbocycles. The molecule has 2 aromatic heterocycles. The van der Waals surface area contributed by atoms with Crippen LogP contribution in [0.2, 0.25) is 5.02 Å². The van der Waals surface area contributed by atoms with Gasteiger partial charge < -0.3 is 9.47 Å². The zero-order valence-corrected chi connectivity index (χ0v) is 19.8. The van der Waals surface area contributed by atoms with Crippen LogP contribution in [0.15, 0.2) is 59.2 Å². The molecule has 0 saturated heterocycles. The van der Waals surface area contributed by atoms with Crippen LogP contribution in [0.3, 0.4) is 0 Å². The number of benzene rings is 2. The van der Waals surface area contributed by atoms with Crippen molar-refractivity contribution >= 4 is 60.1 Å². The zero-order valence-electron chi connectivity index (χ0n) is 16.6. The maximum atomic E-state index is 13.6. The predicted molar refractivity (Wildman–Crippen MR) is 127 cm³/mol. The van der Waals surface area contributed by atoms with Gasteiger partial charge in [0.2, 0.25) is 0 Å². The largest absolute Gasteiger partial charge is 0.495 e. The number of methoxy groups -OCH3 is 2. The Bertz CT molecular complexity index is 1210. The minimum atomic E-state index is -0.283. The Labute approximate surface area is 196 Å². The number of halogens is 2. The summed E-state index contributed by atoms with van der Waals surface area (Å²) in [4.78, 5) is 24.3. The van der Waals surface area contributed by atoms with Crippen molar-refractivity contribution in [1.29, 1.82) is 0 Å². The number of fused-ring (bicyclic) bond motifs is 1. The molecule has 31 heavy (non-hydrogen) atoms. The van der Waals surface area contributed by atoms with Crippen LogP contribution in [-0.4, -0.2) is 30.1 Å². The van der Waals surface area contributed by atoms with Crippen molar-refractivity contribution in [3.05, 3.63) is 75.5 Å². The first-order chi connectivity index (χ1) is 15.0. The normalized spacial score (nSPS) is 10.8. The van der Waals surface area contributed by atoms with Crippen LogP contribution in [0.25, 0.3) is 10.2 Å². The molecule has 0 unspecified atom stereocenters. The first-order valence-corrected chi connectivity index (χ1v) is 11.2. The van der Waals surface area contributed by atoms with Crippen LogP contribution < -0.4 is 14.4 Å². The molecule has 6 nitrogen and oxygen atoms in total. The molecule has 0 aliphatic rings. The van der Waals surface area contributed by atoms with Gasteiger partial charge in [-0.25, -0.2) is 4.98 Å². The highest BCUT2D eigenvalue weighted by molar-refractivity contribution is 9.10. The van der Waals surface area contributed by atoms with Gasteiger partial charge in [0, 0.05) is 10.7 Å². The average molecular weight is 519 g/mol. The quantitative estimate of drug-likeness (QED) is 0.315. The Morgan fingerprint density at radius 2 is 1.90 bits per heavy atom. The van der Waals surface area contributed by atoms with Crippen molar-refractivity contribution < 1.29 is 14.3 Å². The SMILES string of the molecule is COc1ccc(OC)c2sc(N(Cc3ccccn3)C(=O)c3cc(Br)ccc3Cl)nc12. The standard InChI is InChI=1S/C22H17BrClN3O3S/c1-29-17-8-9-18(30-2)20-19(17)26-22(31-20)27(12-14-5-3-4-10-25-14)21(28)15-11-13(23)6-7-16(15)24/h3-11H,12H2,1-2H3. The van der Waals surface area contributed by atoms with E-state index < -0.39 is 0 Å². The van der Waals surface area contributed by atoms with Crippen LogP contribution in [0.5, 0.6) is 11.5 Å². The van der Waals surface area contributed by atoms with Gasteiger partial charge >= 0.3 is 0 Å². The van der Waals surface area contributed by atoms with Crippen molar-refractivity contribution in [2.45, 2.75) is 6.54 Å². The van der Waals surface area contributed by atoms with Gasteiger partial charge in [-0.05, 0) is 42.5 Å². The average Bonchev–Trinajstić information content (AvgIpc) is 3.24. The van der Waals surface area contributed by atoms with Crippen molar-refractivity contribution in [3.8, 4) is 11.5 Å². The summed E-state index contributed by atoms with van der Waals surface area (Å²) in [5, 5.41) is 0.847. The predicted octanol–water partition coefficient (Wildman–Crippen LogP) is 5.97. The van der Waals surface area contributed by atoms with E-state index in [-0.39, 0.29) is 12.5 Å². The molecule has 4 rings (SSSR count). The van der Waals surface area contributed by atoms with E-state index in [0.29, 0.717) is 32.7 Å². The van der Waals surface area contributed by atoms with Crippen LogP contribution in [0.1, 0.15) is 16.1 Å². The molecule has 9 heteroatoms. The number of aromatic nitrogens is 2. The molecule has 2 heterocycles. The molecular weight excluding hydrogens is 502 g/mol. The van der Waals surface area contributed by atoms with E-state index in [4.69, 9.17) is 26.1 Å². The van der Waals surface area contributed by atoms with Crippen molar-refractivity contribution in [2.75, 3.05) is 19.1 Å². The molecule has 0 N–H and O–H groups in total. The lowest BCUT2D eigenvalue weighted by Crippen LogP contribution is -2.31. The molecule has 0 bridgehead atoms. The van der Waals surface area contributed by atoms with Crippen molar-refractivity contribution in [3.63, 3.8) is 0 Å². The molecule has 0 aliphatic carbocycles. The van der Waals surface area contributed by atoms with Gasteiger partial charge in [-0.2, -0.15) is 0 Å². The van der Waals surface area contributed by atoms with Crippen molar-refractivity contribution in [1.82, 2.24) is 9.97 Å². The van der Waals surface area contributed by atoms with Crippen LogP contribution in [-0.2, 0) is 6.54 Å². The fraction of sp³-hybridized carbons (Fsp3) is 0.136. The molecule has 0 saturated carbocycles. The highest BCUT2D eigenvalue weighted by Gasteiger charge is 2.26. The second kappa shape index (κ2) is 9.21. The third-order valence-corrected chi connectivity index (χ3v) is 6.50. The first kappa shape index (κ1) is 21.5. The van der Waals surface area contributed by atoms with E-state index >= 15 is 0 Å². The Hall–Kier alpha value is -2.68. The summed E-state index contributed by atoms with van der Waals surface area (Å²) >= 11 is 11.1.